The van der Waals surface area contributed by atoms with Crippen molar-refractivity contribution in [3.05, 3.63) is 51.7 Å². The molecule has 0 spiro atoms. The zero-order valence-electron chi connectivity index (χ0n) is 10.6. The minimum absolute atomic E-state index is 0.0265. The van der Waals surface area contributed by atoms with Gasteiger partial charge in [0.05, 0.1) is 17.8 Å². The van der Waals surface area contributed by atoms with Gasteiger partial charge < -0.3 is 4.74 Å². The Bertz CT molecular complexity index is 568. The molecular weight excluding hydrogens is 265 g/mol. The van der Waals surface area contributed by atoms with Gasteiger partial charge in [-0.05, 0) is 19.1 Å². The number of hydrogen-bond donors (Lipinski definition) is 0. The summed E-state index contributed by atoms with van der Waals surface area (Å²) < 4.78 is 18.3. The average Bonchev–Trinajstić information content (AvgIpc) is 2.80. The molecule has 1 aromatic heterocycles. The molecule has 0 saturated carbocycles. The van der Waals surface area contributed by atoms with Crippen molar-refractivity contribution in [1.82, 2.24) is 4.98 Å². The topological polar surface area (TPSA) is 39.2 Å². The molecule has 0 saturated heterocycles. The number of carbonyl (C=O) groups excluding carboxylic acids is 1. The second-order valence-electron chi connectivity index (χ2n) is 4.10. The van der Waals surface area contributed by atoms with Crippen LogP contribution in [0, 0.1) is 12.7 Å². The molecule has 2 aromatic rings. The molecule has 1 aromatic carbocycles. The number of halogens is 1. The highest BCUT2D eigenvalue weighted by molar-refractivity contribution is 7.09. The van der Waals surface area contributed by atoms with E-state index in [-0.39, 0.29) is 12.4 Å². The molecule has 2 rings (SSSR count). The van der Waals surface area contributed by atoms with Crippen molar-refractivity contribution in [3.8, 4) is 0 Å². The summed E-state index contributed by atoms with van der Waals surface area (Å²) in [6, 6.07) is 5.63. The normalized spacial score (nSPS) is 10.6. The summed E-state index contributed by atoms with van der Waals surface area (Å²) >= 11 is 1.58. The van der Waals surface area contributed by atoms with Crippen LogP contribution in [0.5, 0.6) is 0 Å². The maximum Gasteiger partial charge on any atom is 0.188 e. The van der Waals surface area contributed by atoms with Gasteiger partial charge in [0, 0.05) is 16.9 Å². The van der Waals surface area contributed by atoms with Gasteiger partial charge in [0.2, 0.25) is 0 Å². The van der Waals surface area contributed by atoms with E-state index in [2.05, 4.69) is 4.98 Å². The first-order valence-electron chi connectivity index (χ1n) is 5.92. The number of hydrogen-bond acceptors (Lipinski definition) is 4. The van der Waals surface area contributed by atoms with Crippen molar-refractivity contribution in [2.45, 2.75) is 13.3 Å². The zero-order valence-corrected chi connectivity index (χ0v) is 11.4. The second kappa shape index (κ2) is 6.54. The van der Waals surface area contributed by atoms with E-state index in [9.17, 15) is 9.18 Å². The van der Waals surface area contributed by atoms with E-state index in [1.54, 1.807) is 22.9 Å². The predicted octanol–water partition coefficient (Wildman–Crippen LogP) is 3.03. The first kappa shape index (κ1) is 13.8. The Hall–Kier alpha value is -1.59. The van der Waals surface area contributed by atoms with Gasteiger partial charge >= 0.3 is 0 Å². The van der Waals surface area contributed by atoms with E-state index < -0.39 is 5.82 Å². The molecule has 3 nitrogen and oxygen atoms in total. The Morgan fingerprint density at radius 2 is 2.32 bits per heavy atom. The molecule has 0 aliphatic rings. The van der Waals surface area contributed by atoms with Gasteiger partial charge in [-0.1, -0.05) is 12.1 Å². The van der Waals surface area contributed by atoms with Crippen LogP contribution in [0.1, 0.15) is 20.9 Å². The van der Waals surface area contributed by atoms with Crippen molar-refractivity contribution >= 4 is 17.1 Å². The number of Topliss-reactive ketones (excluding diaryl/α,β-unsaturated/α-hetero) is 1. The fourth-order valence-corrected chi connectivity index (χ4v) is 2.40. The summed E-state index contributed by atoms with van der Waals surface area (Å²) in [5, 5.41) is 0. The standard InChI is InChI=1S/C14H14FNO2S/c1-10-14(19-9-16-10)5-6-18-8-13(17)11-3-2-4-12(15)7-11/h2-4,7,9H,5-6,8H2,1H3. The lowest BCUT2D eigenvalue weighted by molar-refractivity contribution is 0.0766. The number of aromatic nitrogens is 1. The molecule has 0 fully saturated rings. The highest BCUT2D eigenvalue weighted by atomic mass is 32.1. The van der Waals surface area contributed by atoms with Crippen molar-refractivity contribution in [1.29, 1.82) is 0 Å². The minimum Gasteiger partial charge on any atom is -0.373 e. The number of aryl methyl sites for hydroxylation is 1. The zero-order chi connectivity index (χ0) is 13.7. The molecule has 0 radical (unpaired) electrons. The molecule has 1 heterocycles. The highest BCUT2D eigenvalue weighted by Gasteiger charge is 2.07. The molecule has 5 heteroatoms. The molecule has 0 aliphatic heterocycles. The van der Waals surface area contributed by atoms with Gasteiger partial charge in [-0.25, -0.2) is 9.37 Å². The number of nitrogens with zero attached hydrogens (tertiary/aromatic N) is 1. The van der Waals surface area contributed by atoms with Crippen molar-refractivity contribution in [2.75, 3.05) is 13.2 Å². The summed E-state index contributed by atoms with van der Waals surface area (Å²) in [5.41, 5.74) is 3.14. The molecule has 100 valence electrons. The Labute approximate surface area is 115 Å². The summed E-state index contributed by atoms with van der Waals surface area (Å²) in [5.74, 6) is -0.619. The second-order valence-corrected chi connectivity index (χ2v) is 5.04. The maximum atomic E-state index is 12.9. The van der Waals surface area contributed by atoms with Gasteiger partial charge in [-0.2, -0.15) is 0 Å². The van der Waals surface area contributed by atoms with Gasteiger partial charge in [0.25, 0.3) is 0 Å². The summed E-state index contributed by atoms with van der Waals surface area (Å²) in [7, 11) is 0. The lowest BCUT2D eigenvalue weighted by Crippen LogP contribution is -2.11. The van der Waals surface area contributed by atoms with E-state index >= 15 is 0 Å². The molecular formula is C14H14FNO2S. The van der Waals surface area contributed by atoms with Crippen LogP contribution >= 0.6 is 11.3 Å². The average molecular weight is 279 g/mol. The van der Waals surface area contributed by atoms with Crippen molar-refractivity contribution in [2.24, 2.45) is 0 Å². The maximum absolute atomic E-state index is 12.9. The Morgan fingerprint density at radius 3 is 3.00 bits per heavy atom. The summed E-state index contributed by atoms with van der Waals surface area (Å²) in [6.07, 6.45) is 0.743. The van der Waals surface area contributed by atoms with E-state index in [4.69, 9.17) is 4.74 Å². The number of rotatable bonds is 6. The van der Waals surface area contributed by atoms with Crippen LogP contribution < -0.4 is 0 Å². The van der Waals surface area contributed by atoms with Crippen LogP contribution in [0.4, 0.5) is 4.39 Å². The first-order chi connectivity index (χ1) is 9.16. The molecule has 0 aliphatic carbocycles. The molecule has 0 bridgehead atoms. The lowest BCUT2D eigenvalue weighted by atomic mass is 10.1. The monoisotopic (exact) mass is 279 g/mol. The van der Waals surface area contributed by atoms with Crippen LogP contribution in [-0.4, -0.2) is 24.0 Å². The fourth-order valence-electron chi connectivity index (χ4n) is 1.64. The van der Waals surface area contributed by atoms with Crippen LogP contribution in [0.3, 0.4) is 0 Å². The molecule has 0 atom stereocenters. The largest absolute Gasteiger partial charge is 0.373 e. The molecule has 19 heavy (non-hydrogen) atoms. The predicted molar refractivity (Wildman–Crippen MR) is 72.1 cm³/mol. The van der Waals surface area contributed by atoms with Crippen LogP contribution in [0.25, 0.3) is 0 Å². The van der Waals surface area contributed by atoms with Gasteiger partial charge in [-0.15, -0.1) is 11.3 Å². The van der Waals surface area contributed by atoms with Crippen LogP contribution in [0.15, 0.2) is 29.8 Å². The SMILES string of the molecule is Cc1ncsc1CCOCC(=O)c1cccc(F)c1. The smallest absolute Gasteiger partial charge is 0.188 e. The van der Waals surface area contributed by atoms with Crippen LogP contribution in [-0.2, 0) is 11.2 Å². The number of ether oxygens (including phenoxy) is 1. The van der Waals surface area contributed by atoms with Crippen molar-refractivity contribution in [3.63, 3.8) is 0 Å². The number of thiazole rings is 1. The Kier molecular flexibility index (Phi) is 4.76. The van der Waals surface area contributed by atoms with Crippen molar-refractivity contribution < 1.29 is 13.9 Å². The summed E-state index contributed by atoms with van der Waals surface area (Å²) in [6.45, 7) is 2.38. The summed E-state index contributed by atoms with van der Waals surface area (Å²) in [4.78, 5) is 17.0. The lowest BCUT2D eigenvalue weighted by Gasteiger charge is -2.03. The first-order valence-corrected chi connectivity index (χ1v) is 6.80. The van der Waals surface area contributed by atoms with E-state index in [0.717, 1.165) is 12.1 Å². The Morgan fingerprint density at radius 1 is 1.47 bits per heavy atom. The third-order valence-electron chi connectivity index (χ3n) is 2.70. The van der Waals surface area contributed by atoms with E-state index in [1.165, 1.54) is 23.1 Å². The number of carbonyl (C=O) groups is 1. The number of benzene rings is 1. The number of ketones is 1. The third-order valence-corrected chi connectivity index (χ3v) is 3.69. The minimum atomic E-state index is -0.411. The fraction of sp³-hybridized carbons (Fsp3) is 0.286. The van der Waals surface area contributed by atoms with Crippen LogP contribution in [0.2, 0.25) is 0 Å². The van der Waals surface area contributed by atoms with Gasteiger partial charge in [0.15, 0.2) is 5.78 Å². The van der Waals surface area contributed by atoms with Gasteiger partial charge in [0.1, 0.15) is 12.4 Å². The van der Waals surface area contributed by atoms with E-state index in [0.29, 0.717) is 12.2 Å². The van der Waals surface area contributed by atoms with Gasteiger partial charge in [-0.3, -0.25) is 4.79 Å². The van der Waals surface area contributed by atoms with E-state index in [1.807, 2.05) is 6.92 Å². The third kappa shape index (κ3) is 3.94. The quantitative estimate of drug-likeness (QED) is 0.602. The highest BCUT2D eigenvalue weighted by Crippen LogP contribution is 2.12. The molecule has 0 N–H and O–H groups in total. The molecule has 0 unspecified atom stereocenters. The Balaban J connectivity index is 1.77. The molecule has 0 amide bonds.